The van der Waals surface area contributed by atoms with E-state index in [-0.39, 0.29) is 54.5 Å². The highest BCUT2D eigenvalue weighted by Crippen LogP contribution is 2.25. The molecule has 3 rings (SSSR count). The van der Waals surface area contributed by atoms with Crippen molar-refractivity contribution in [3.63, 3.8) is 0 Å². The minimum absolute atomic E-state index is 0. The number of carbonyl (C=O) groups is 1. The van der Waals surface area contributed by atoms with E-state index in [1.165, 1.54) is 12.3 Å². The number of carbonyl (C=O) groups excluding carboxylic acids is 1. The van der Waals surface area contributed by atoms with E-state index < -0.39 is 11.6 Å². The maximum atomic E-state index is 13.8. The van der Waals surface area contributed by atoms with E-state index in [1.807, 2.05) is 11.8 Å². The van der Waals surface area contributed by atoms with Crippen LogP contribution in [0, 0.1) is 17.6 Å². The van der Waals surface area contributed by atoms with E-state index in [1.54, 1.807) is 0 Å². The smallest absolute Gasteiger partial charge is 0.223 e. The number of aryl methyl sites for hydroxylation is 1. The standard InChI is InChI=1S/C19H23F2N3O2.2ClH/c1-12(22)13-3-2-8-24(11-13)19(25)7-6-18-23-10-17(26-18)15-5-4-14(20)9-16(15)21;;/h4-5,9-10,12-13H,2-3,6-8,11,22H2,1H3;2*1H. The fraction of sp³-hybridized carbons (Fsp3) is 0.474. The van der Waals surface area contributed by atoms with Crippen molar-refractivity contribution in [1.29, 1.82) is 0 Å². The molecule has 2 aromatic rings. The molecule has 2 heterocycles. The molecule has 0 radical (unpaired) electrons. The molecule has 2 N–H and O–H groups in total. The van der Waals surface area contributed by atoms with E-state index in [4.69, 9.17) is 10.2 Å². The summed E-state index contributed by atoms with van der Waals surface area (Å²) in [5.41, 5.74) is 6.10. The summed E-state index contributed by atoms with van der Waals surface area (Å²) in [6.07, 6.45) is 4.01. The van der Waals surface area contributed by atoms with Gasteiger partial charge < -0.3 is 15.1 Å². The Kier molecular flexibility index (Phi) is 9.33. The number of hydrogen-bond acceptors (Lipinski definition) is 4. The summed E-state index contributed by atoms with van der Waals surface area (Å²) in [5.74, 6) is -0.398. The summed E-state index contributed by atoms with van der Waals surface area (Å²) in [4.78, 5) is 18.4. The average molecular weight is 436 g/mol. The molecule has 28 heavy (non-hydrogen) atoms. The predicted molar refractivity (Wildman–Crippen MR) is 108 cm³/mol. The molecule has 0 spiro atoms. The van der Waals surface area contributed by atoms with Crippen molar-refractivity contribution in [2.75, 3.05) is 13.1 Å². The molecule has 5 nitrogen and oxygen atoms in total. The van der Waals surface area contributed by atoms with Crippen LogP contribution in [0.25, 0.3) is 11.3 Å². The van der Waals surface area contributed by atoms with Gasteiger partial charge in [0.05, 0.1) is 11.8 Å². The molecular formula is C19H25Cl2F2N3O2. The zero-order valence-corrected chi connectivity index (χ0v) is 17.2. The lowest BCUT2D eigenvalue weighted by molar-refractivity contribution is -0.133. The molecule has 1 fully saturated rings. The van der Waals surface area contributed by atoms with Crippen molar-refractivity contribution in [1.82, 2.24) is 9.88 Å². The van der Waals surface area contributed by atoms with E-state index >= 15 is 0 Å². The molecule has 1 saturated heterocycles. The number of piperidine rings is 1. The van der Waals surface area contributed by atoms with Gasteiger partial charge in [-0.3, -0.25) is 4.79 Å². The van der Waals surface area contributed by atoms with Gasteiger partial charge in [0.15, 0.2) is 11.7 Å². The largest absolute Gasteiger partial charge is 0.441 e. The minimum atomic E-state index is -0.709. The molecule has 1 amide bonds. The maximum Gasteiger partial charge on any atom is 0.223 e. The normalized spacial score (nSPS) is 17.4. The first-order chi connectivity index (χ1) is 12.4. The van der Waals surface area contributed by atoms with Gasteiger partial charge in [-0.05, 0) is 37.8 Å². The van der Waals surface area contributed by atoms with Gasteiger partial charge in [-0.1, -0.05) is 0 Å². The quantitative estimate of drug-likeness (QED) is 0.770. The van der Waals surface area contributed by atoms with E-state index in [9.17, 15) is 13.6 Å². The van der Waals surface area contributed by atoms with Crippen LogP contribution in [0.5, 0.6) is 0 Å². The van der Waals surface area contributed by atoms with Gasteiger partial charge in [0.2, 0.25) is 5.91 Å². The third-order valence-electron chi connectivity index (χ3n) is 4.86. The summed E-state index contributed by atoms with van der Waals surface area (Å²) in [6, 6.07) is 3.34. The summed E-state index contributed by atoms with van der Waals surface area (Å²) in [5, 5.41) is 0. The molecule has 0 saturated carbocycles. The van der Waals surface area contributed by atoms with Gasteiger partial charge in [0.25, 0.3) is 0 Å². The maximum absolute atomic E-state index is 13.8. The van der Waals surface area contributed by atoms with Crippen molar-refractivity contribution >= 4 is 30.7 Å². The summed E-state index contributed by atoms with van der Waals surface area (Å²) >= 11 is 0. The van der Waals surface area contributed by atoms with Crippen LogP contribution in [-0.2, 0) is 11.2 Å². The van der Waals surface area contributed by atoms with Crippen molar-refractivity contribution < 1.29 is 18.0 Å². The third-order valence-corrected chi connectivity index (χ3v) is 4.86. The van der Waals surface area contributed by atoms with Gasteiger partial charge in [-0.2, -0.15) is 0 Å². The van der Waals surface area contributed by atoms with Crippen LogP contribution in [-0.4, -0.2) is 34.9 Å². The van der Waals surface area contributed by atoms with Gasteiger partial charge >= 0.3 is 0 Å². The van der Waals surface area contributed by atoms with Gasteiger partial charge in [0.1, 0.15) is 11.6 Å². The number of oxazole rings is 1. The molecule has 1 aliphatic heterocycles. The number of amides is 1. The zero-order chi connectivity index (χ0) is 18.7. The van der Waals surface area contributed by atoms with Crippen molar-refractivity contribution in [2.24, 2.45) is 11.7 Å². The molecule has 2 atom stereocenters. The highest BCUT2D eigenvalue weighted by Gasteiger charge is 2.25. The highest BCUT2D eigenvalue weighted by molar-refractivity contribution is 5.85. The number of benzene rings is 1. The van der Waals surface area contributed by atoms with Crippen LogP contribution in [0.2, 0.25) is 0 Å². The number of aromatic nitrogens is 1. The predicted octanol–water partition coefficient (Wildman–Crippen LogP) is 3.98. The second kappa shape index (κ2) is 10.7. The molecule has 1 aromatic heterocycles. The Hall–Kier alpha value is -1.70. The molecular weight excluding hydrogens is 411 g/mol. The van der Waals surface area contributed by atoms with Crippen LogP contribution < -0.4 is 5.73 Å². The Morgan fingerprint density at radius 3 is 2.82 bits per heavy atom. The van der Waals surface area contributed by atoms with Gasteiger partial charge in [0, 0.05) is 38.0 Å². The first-order valence-electron chi connectivity index (χ1n) is 8.87. The summed E-state index contributed by atoms with van der Waals surface area (Å²) in [7, 11) is 0. The lowest BCUT2D eigenvalue weighted by atomic mass is 9.92. The Balaban J connectivity index is 0.00000196. The Morgan fingerprint density at radius 2 is 2.14 bits per heavy atom. The Labute approximate surface area is 175 Å². The highest BCUT2D eigenvalue weighted by atomic mass is 35.5. The van der Waals surface area contributed by atoms with Crippen LogP contribution in [0.3, 0.4) is 0 Å². The van der Waals surface area contributed by atoms with Crippen molar-refractivity contribution in [2.45, 2.75) is 38.6 Å². The second-order valence-electron chi connectivity index (χ2n) is 6.84. The first kappa shape index (κ1) is 24.3. The van der Waals surface area contributed by atoms with Crippen LogP contribution in [0.15, 0.2) is 28.8 Å². The van der Waals surface area contributed by atoms with Crippen LogP contribution >= 0.6 is 24.8 Å². The van der Waals surface area contributed by atoms with Gasteiger partial charge in [-0.25, -0.2) is 13.8 Å². The topological polar surface area (TPSA) is 72.4 Å². The summed E-state index contributed by atoms with van der Waals surface area (Å²) < 4.78 is 32.3. The molecule has 0 bridgehead atoms. The van der Waals surface area contributed by atoms with Gasteiger partial charge in [-0.15, -0.1) is 24.8 Å². The fourth-order valence-corrected chi connectivity index (χ4v) is 3.28. The van der Waals surface area contributed by atoms with E-state index in [0.29, 0.717) is 24.8 Å². The van der Waals surface area contributed by atoms with E-state index in [2.05, 4.69) is 4.98 Å². The van der Waals surface area contributed by atoms with Crippen molar-refractivity contribution in [3.05, 3.63) is 41.9 Å². The monoisotopic (exact) mass is 435 g/mol. The zero-order valence-electron chi connectivity index (χ0n) is 15.6. The molecule has 1 aliphatic rings. The lowest BCUT2D eigenvalue weighted by Gasteiger charge is -2.34. The van der Waals surface area contributed by atoms with Crippen LogP contribution in [0.1, 0.15) is 32.1 Å². The number of nitrogens with zero attached hydrogens (tertiary/aromatic N) is 2. The van der Waals surface area contributed by atoms with Crippen molar-refractivity contribution in [3.8, 4) is 11.3 Å². The number of likely N-dealkylation sites (tertiary alicyclic amines) is 1. The minimum Gasteiger partial charge on any atom is -0.441 e. The average Bonchev–Trinajstić information content (AvgIpc) is 3.08. The summed E-state index contributed by atoms with van der Waals surface area (Å²) in [6.45, 7) is 3.41. The van der Waals surface area contributed by atoms with E-state index in [0.717, 1.165) is 31.5 Å². The van der Waals surface area contributed by atoms with Crippen LogP contribution in [0.4, 0.5) is 8.78 Å². The number of rotatable bonds is 5. The molecule has 1 aromatic carbocycles. The fourth-order valence-electron chi connectivity index (χ4n) is 3.28. The second-order valence-corrected chi connectivity index (χ2v) is 6.84. The number of halogens is 4. The SMILES string of the molecule is CC(N)C1CCCN(C(=O)CCc2ncc(-c3ccc(F)cc3F)o2)C1.Cl.Cl. The first-order valence-corrected chi connectivity index (χ1v) is 8.87. The molecule has 9 heteroatoms. The Bertz CT molecular complexity index is 786. The lowest BCUT2D eigenvalue weighted by Crippen LogP contribution is -2.45. The number of hydrogen-bond donors (Lipinski definition) is 1. The number of nitrogens with two attached hydrogens (primary N) is 1. The molecule has 156 valence electrons. The molecule has 2 unspecified atom stereocenters. The molecule has 0 aliphatic carbocycles. The Morgan fingerprint density at radius 1 is 1.39 bits per heavy atom. The third kappa shape index (κ3) is 5.90.